The van der Waals surface area contributed by atoms with Crippen molar-refractivity contribution in [3.05, 3.63) is 23.1 Å². The Bertz CT molecular complexity index is 487. The number of aryl methyl sites for hydroxylation is 1. The summed E-state index contributed by atoms with van der Waals surface area (Å²) in [5, 5.41) is 3.68. The molecule has 0 amide bonds. The van der Waals surface area contributed by atoms with Crippen LogP contribution in [0.5, 0.6) is 0 Å². The highest BCUT2D eigenvalue weighted by Gasteiger charge is 2.24. The van der Waals surface area contributed by atoms with Gasteiger partial charge in [-0.3, -0.25) is 0 Å². The molecule has 1 heterocycles. The van der Waals surface area contributed by atoms with E-state index in [-0.39, 0.29) is 5.69 Å². The second-order valence-electron chi connectivity index (χ2n) is 2.80. The zero-order valence-electron chi connectivity index (χ0n) is 7.54. The predicted octanol–water partition coefficient (Wildman–Crippen LogP) is 1.11. The summed E-state index contributed by atoms with van der Waals surface area (Å²) in [6.07, 6.45) is -3.15. The molecule has 0 bridgehead atoms. The fourth-order valence-corrected chi connectivity index (χ4v) is 1.70. The molecule has 0 unspecified atom stereocenters. The number of sulfonamides is 1. The van der Waals surface area contributed by atoms with Gasteiger partial charge in [0.1, 0.15) is 5.82 Å². The minimum Gasteiger partial charge on any atom is -0.237 e. The number of hydrogen-bond donors (Lipinski definition) is 1. The molecule has 0 saturated heterocycles. The first-order valence-corrected chi connectivity index (χ1v) is 5.26. The lowest BCUT2D eigenvalue weighted by Gasteiger charge is -2.07. The molecule has 1 aromatic heterocycles. The Morgan fingerprint density at radius 1 is 1.47 bits per heavy atom. The van der Waals surface area contributed by atoms with Gasteiger partial charge in [-0.2, -0.15) is 0 Å². The van der Waals surface area contributed by atoms with E-state index < -0.39 is 32.9 Å². The molecule has 0 aliphatic heterocycles. The first-order valence-electron chi connectivity index (χ1n) is 3.71. The molecular formula is C7H7F3N2O2S. The van der Waals surface area contributed by atoms with Gasteiger partial charge < -0.3 is 0 Å². The van der Waals surface area contributed by atoms with E-state index in [0.29, 0.717) is 6.07 Å². The van der Waals surface area contributed by atoms with Crippen molar-refractivity contribution in [1.82, 2.24) is 4.98 Å². The SMILES string of the molecule is Cc1nc(S(N)(=O)=O)c(C(F)F)cc1F. The molecule has 0 aliphatic rings. The lowest BCUT2D eigenvalue weighted by molar-refractivity contribution is 0.146. The summed E-state index contributed by atoms with van der Waals surface area (Å²) in [6.45, 7) is 1.15. The summed E-state index contributed by atoms with van der Waals surface area (Å²) in [7, 11) is -4.38. The smallest absolute Gasteiger partial charge is 0.237 e. The van der Waals surface area contributed by atoms with Crippen LogP contribution in [0.15, 0.2) is 11.1 Å². The summed E-state index contributed by atoms with van der Waals surface area (Å²) >= 11 is 0. The number of nitrogens with zero attached hydrogens (tertiary/aromatic N) is 1. The molecule has 0 aliphatic carbocycles. The highest BCUT2D eigenvalue weighted by Crippen LogP contribution is 2.25. The van der Waals surface area contributed by atoms with Crippen molar-refractivity contribution in [3.63, 3.8) is 0 Å². The Kier molecular flexibility index (Phi) is 3.00. The summed E-state index contributed by atoms with van der Waals surface area (Å²) in [5.74, 6) is -1.00. The fraction of sp³-hybridized carbons (Fsp3) is 0.286. The Morgan fingerprint density at radius 3 is 2.40 bits per heavy atom. The van der Waals surface area contributed by atoms with Crippen LogP contribution in [-0.2, 0) is 10.0 Å². The Hall–Kier alpha value is -1.15. The lowest BCUT2D eigenvalue weighted by atomic mass is 10.2. The molecule has 0 aromatic carbocycles. The molecular weight excluding hydrogens is 233 g/mol. The Labute approximate surface area is 84.0 Å². The van der Waals surface area contributed by atoms with Gasteiger partial charge in [0.05, 0.1) is 11.3 Å². The van der Waals surface area contributed by atoms with Crippen molar-refractivity contribution in [2.45, 2.75) is 18.4 Å². The molecule has 4 nitrogen and oxygen atoms in total. The predicted molar refractivity (Wildman–Crippen MR) is 45.3 cm³/mol. The topological polar surface area (TPSA) is 73.0 Å². The summed E-state index contributed by atoms with van der Waals surface area (Å²) in [5.41, 5.74) is -1.33. The maximum atomic E-state index is 12.9. The number of primary sulfonamides is 1. The van der Waals surface area contributed by atoms with Crippen LogP contribution in [0.25, 0.3) is 0 Å². The lowest BCUT2D eigenvalue weighted by Crippen LogP contribution is -2.18. The van der Waals surface area contributed by atoms with E-state index in [0.717, 1.165) is 6.92 Å². The number of hydrogen-bond acceptors (Lipinski definition) is 3. The maximum Gasteiger partial charge on any atom is 0.266 e. The van der Waals surface area contributed by atoms with Gasteiger partial charge in [0.25, 0.3) is 16.4 Å². The van der Waals surface area contributed by atoms with Crippen molar-refractivity contribution in [2.75, 3.05) is 0 Å². The van der Waals surface area contributed by atoms with Crippen molar-refractivity contribution >= 4 is 10.0 Å². The normalized spacial score (nSPS) is 12.1. The zero-order chi connectivity index (χ0) is 11.8. The fourth-order valence-electron chi connectivity index (χ4n) is 0.957. The first-order chi connectivity index (χ1) is 6.73. The minimum absolute atomic E-state index is 0.302. The van der Waals surface area contributed by atoms with Crippen LogP contribution in [0, 0.1) is 12.7 Å². The van der Waals surface area contributed by atoms with E-state index in [9.17, 15) is 21.6 Å². The van der Waals surface area contributed by atoms with Gasteiger partial charge in [-0.1, -0.05) is 0 Å². The second-order valence-corrected chi connectivity index (χ2v) is 4.27. The van der Waals surface area contributed by atoms with Crippen LogP contribution < -0.4 is 5.14 Å². The molecule has 0 spiro atoms. The third-order valence-corrected chi connectivity index (χ3v) is 2.51. The summed E-state index contributed by atoms with van der Waals surface area (Å²) < 4.78 is 59.3. The quantitative estimate of drug-likeness (QED) is 0.841. The number of halogens is 3. The van der Waals surface area contributed by atoms with Gasteiger partial charge >= 0.3 is 0 Å². The van der Waals surface area contributed by atoms with E-state index in [1.54, 1.807) is 0 Å². The van der Waals surface area contributed by atoms with Crippen molar-refractivity contribution in [3.8, 4) is 0 Å². The number of aromatic nitrogens is 1. The van der Waals surface area contributed by atoms with Gasteiger partial charge in [-0.05, 0) is 13.0 Å². The zero-order valence-corrected chi connectivity index (χ0v) is 8.35. The molecule has 84 valence electrons. The molecule has 2 N–H and O–H groups in total. The molecule has 0 atom stereocenters. The van der Waals surface area contributed by atoms with E-state index in [1.807, 2.05) is 0 Å². The van der Waals surface area contributed by atoms with Crippen LogP contribution in [0.1, 0.15) is 17.7 Å². The molecule has 0 saturated carbocycles. The van der Waals surface area contributed by atoms with Crippen LogP contribution in [0.3, 0.4) is 0 Å². The van der Waals surface area contributed by atoms with E-state index in [1.165, 1.54) is 0 Å². The Morgan fingerprint density at radius 2 is 2.00 bits per heavy atom. The van der Waals surface area contributed by atoms with Crippen molar-refractivity contribution in [2.24, 2.45) is 5.14 Å². The maximum absolute atomic E-state index is 12.9. The monoisotopic (exact) mass is 240 g/mol. The van der Waals surface area contributed by atoms with E-state index >= 15 is 0 Å². The van der Waals surface area contributed by atoms with Gasteiger partial charge in [0, 0.05) is 0 Å². The molecule has 15 heavy (non-hydrogen) atoms. The number of nitrogens with two attached hydrogens (primary N) is 1. The first kappa shape index (κ1) is 11.9. The summed E-state index contributed by atoms with van der Waals surface area (Å²) in [4.78, 5) is 3.20. The highest BCUT2D eigenvalue weighted by atomic mass is 32.2. The van der Waals surface area contributed by atoms with Crippen LogP contribution >= 0.6 is 0 Å². The summed E-state index contributed by atoms with van der Waals surface area (Å²) in [6, 6.07) is 0.423. The van der Waals surface area contributed by atoms with Gasteiger partial charge in [-0.15, -0.1) is 0 Å². The Balaban J connectivity index is 3.56. The molecule has 8 heteroatoms. The van der Waals surface area contributed by atoms with Crippen molar-refractivity contribution in [1.29, 1.82) is 0 Å². The molecule has 0 radical (unpaired) electrons. The third-order valence-electron chi connectivity index (χ3n) is 1.65. The average molecular weight is 240 g/mol. The number of pyridine rings is 1. The third kappa shape index (κ3) is 2.45. The van der Waals surface area contributed by atoms with E-state index in [4.69, 9.17) is 0 Å². The number of alkyl halides is 2. The average Bonchev–Trinajstić information content (AvgIpc) is 2.06. The number of rotatable bonds is 2. The van der Waals surface area contributed by atoms with Crippen molar-refractivity contribution < 1.29 is 21.6 Å². The minimum atomic E-state index is -4.38. The molecule has 0 fully saturated rings. The van der Waals surface area contributed by atoms with Crippen LogP contribution in [-0.4, -0.2) is 13.4 Å². The standard InChI is InChI=1S/C7H7F3N2O2S/c1-3-5(8)2-4(6(9)10)7(12-3)15(11,13)14/h2,6H,1H3,(H2,11,13,14). The molecule has 1 aromatic rings. The second kappa shape index (κ2) is 3.78. The molecule has 1 rings (SSSR count). The van der Waals surface area contributed by atoms with E-state index in [2.05, 4.69) is 10.1 Å². The van der Waals surface area contributed by atoms with Crippen LogP contribution in [0.2, 0.25) is 0 Å². The highest BCUT2D eigenvalue weighted by molar-refractivity contribution is 7.89. The van der Waals surface area contributed by atoms with Crippen LogP contribution in [0.4, 0.5) is 13.2 Å². The largest absolute Gasteiger partial charge is 0.266 e. The van der Waals surface area contributed by atoms with Gasteiger partial charge in [0.2, 0.25) is 0 Å². The van der Waals surface area contributed by atoms with Gasteiger partial charge in [-0.25, -0.2) is 31.7 Å². The van der Waals surface area contributed by atoms with Gasteiger partial charge in [0.15, 0.2) is 5.03 Å².